The lowest BCUT2D eigenvalue weighted by Crippen LogP contribution is -2.47. The smallest absolute Gasteiger partial charge is 0.108 e. The second-order valence-electron chi connectivity index (χ2n) is 6.26. The van der Waals surface area contributed by atoms with E-state index in [0.717, 1.165) is 19.3 Å². The molecule has 1 N–H and O–H groups in total. The summed E-state index contributed by atoms with van der Waals surface area (Å²) in [6.45, 7) is 5.86. The van der Waals surface area contributed by atoms with Crippen LogP contribution in [-0.4, -0.2) is 61.2 Å². The van der Waals surface area contributed by atoms with Crippen LogP contribution < -0.4 is 5.32 Å². The van der Waals surface area contributed by atoms with Crippen LogP contribution in [0.5, 0.6) is 0 Å². The van der Waals surface area contributed by atoms with E-state index in [0.29, 0.717) is 12.1 Å². The molecule has 4 nitrogen and oxygen atoms in total. The van der Waals surface area contributed by atoms with Crippen molar-refractivity contribution in [3.05, 3.63) is 0 Å². The molecule has 0 aromatic carbocycles. The first-order valence-electron chi connectivity index (χ1n) is 7.68. The Labute approximate surface area is 117 Å². The molecule has 1 aliphatic heterocycles. The van der Waals surface area contributed by atoms with Crippen LogP contribution in [0.4, 0.5) is 0 Å². The maximum atomic E-state index is 9.41. The summed E-state index contributed by atoms with van der Waals surface area (Å²) in [4.78, 5) is 5.15. The van der Waals surface area contributed by atoms with Crippen molar-refractivity contribution in [3.8, 4) is 6.07 Å². The molecular formula is C15H28N4. The molecule has 0 radical (unpaired) electrons. The number of nitrogens with one attached hydrogen (secondary N) is 1. The van der Waals surface area contributed by atoms with Crippen molar-refractivity contribution in [2.75, 3.05) is 33.7 Å². The summed E-state index contributed by atoms with van der Waals surface area (Å²) in [6.07, 6.45) is 5.60. The summed E-state index contributed by atoms with van der Waals surface area (Å²) in [6, 6.07) is 3.75. The van der Waals surface area contributed by atoms with E-state index in [1.165, 1.54) is 32.5 Å². The molecule has 2 aliphatic rings. The molecule has 108 valence electrons. The van der Waals surface area contributed by atoms with Gasteiger partial charge in [0, 0.05) is 18.6 Å². The van der Waals surface area contributed by atoms with Crippen LogP contribution in [0.3, 0.4) is 0 Å². The van der Waals surface area contributed by atoms with Crippen molar-refractivity contribution in [2.45, 2.75) is 56.7 Å². The van der Waals surface area contributed by atoms with Gasteiger partial charge >= 0.3 is 0 Å². The first-order valence-corrected chi connectivity index (χ1v) is 7.68. The maximum absolute atomic E-state index is 9.41. The summed E-state index contributed by atoms with van der Waals surface area (Å²) in [7, 11) is 4.16. The normalized spacial score (nSPS) is 38.0. The van der Waals surface area contributed by atoms with E-state index in [1.54, 1.807) is 0 Å². The quantitative estimate of drug-likeness (QED) is 0.837. The van der Waals surface area contributed by atoms with Gasteiger partial charge in [-0.15, -0.1) is 0 Å². The molecule has 1 heterocycles. The Morgan fingerprint density at radius 1 is 1.42 bits per heavy atom. The minimum atomic E-state index is -0.277. The topological polar surface area (TPSA) is 42.3 Å². The van der Waals surface area contributed by atoms with E-state index < -0.39 is 0 Å². The summed E-state index contributed by atoms with van der Waals surface area (Å²) >= 11 is 0. The number of hydrogen-bond acceptors (Lipinski definition) is 4. The van der Waals surface area contributed by atoms with E-state index in [-0.39, 0.29) is 5.54 Å². The van der Waals surface area contributed by atoms with Gasteiger partial charge in [-0.3, -0.25) is 4.90 Å². The fourth-order valence-electron chi connectivity index (χ4n) is 3.79. The molecule has 2 rings (SSSR count). The molecular weight excluding hydrogens is 236 g/mol. The second-order valence-corrected chi connectivity index (χ2v) is 6.26. The van der Waals surface area contributed by atoms with Crippen LogP contribution in [0.25, 0.3) is 0 Å². The SMILES string of the molecule is CCC1CN(C)CCCN1C1CCC(C#N)(NC)C1. The van der Waals surface area contributed by atoms with Crippen molar-refractivity contribution in [1.29, 1.82) is 5.26 Å². The number of rotatable bonds is 3. The summed E-state index contributed by atoms with van der Waals surface area (Å²) in [5.74, 6) is 0. The third kappa shape index (κ3) is 3.10. The standard InChI is InChI=1S/C15H28N4/c1-4-13-11-18(3)8-5-9-19(13)14-6-7-15(10-14,12-16)17-2/h13-14,17H,4-11H2,1-3H3. The number of likely N-dealkylation sites (N-methyl/N-ethyl adjacent to an activating group) is 1. The zero-order chi connectivity index (χ0) is 13.9. The molecule has 2 fully saturated rings. The predicted octanol–water partition coefficient (Wildman–Crippen LogP) is 1.44. The third-order valence-electron chi connectivity index (χ3n) is 5.07. The van der Waals surface area contributed by atoms with E-state index in [4.69, 9.17) is 0 Å². The molecule has 0 aromatic heterocycles. The first-order chi connectivity index (χ1) is 9.14. The fourth-order valence-corrected chi connectivity index (χ4v) is 3.79. The van der Waals surface area contributed by atoms with Gasteiger partial charge in [0.15, 0.2) is 0 Å². The summed E-state index contributed by atoms with van der Waals surface area (Å²) in [5.41, 5.74) is -0.277. The van der Waals surface area contributed by atoms with Crippen LogP contribution in [0.1, 0.15) is 39.0 Å². The van der Waals surface area contributed by atoms with Crippen LogP contribution in [-0.2, 0) is 0 Å². The summed E-state index contributed by atoms with van der Waals surface area (Å²) in [5, 5.41) is 12.7. The molecule has 1 aliphatic carbocycles. The van der Waals surface area contributed by atoms with Crippen LogP contribution in [0.2, 0.25) is 0 Å². The zero-order valence-electron chi connectivity index (χ0n) is 12.7. The van der Waals surface area contributed by atoms with Crippen molar-refractivity contribution in [2.24, 2.45) is 0 Å². The van der Waals surface area contributed by atoms with Crippen LogP contribution >= 0.6 is 0 Å². The molecule has 0 spiro atoms. The fraction of sp³-hybridized carbons (Fsp3) is 0.933. The Balaban J connectivity index is 2.06. The van der Waals surface area contributed by atoms with E-state index in [2.05, 4.69) is 35.2 Å². The van der Waals surface area contributed by atoms with Gasteiger partial charge in [0.25, 0.3) is 0 Å². The maximum Gasteiger partial charge on any atom is 0.108 e. The second kappa shape index (κ2) is 6.21. The minimum absolute atomic E-state index is 0.277. The van der Waals surface area contributed by atoms with Crippen molar-refractivity contribution in [3.63, 3.8) is 0 Å². The Hall–Kier alpha value is -0.630. The minimum Gasteiger partial charge on any atom is -0.305 e. The van der Waals surface area contributed by atoms with Gasteiger partial charge in [-0.25, -0.2) is 0 Å². The molecule has 1 saturated carbocycles. The lowest BCUT2D eigenvalue weighted by Gasteiger charge is -2.35. The van der Waals surface area contributed by atoms with Gasteiger partial charge in [-0.05, 0) is 59.3 Å². The lowest BCUT2D eigenvalue weighted by atomic mass is 9.99. The largest absolute Gasteiger partial charge is 0.305 e. The Morgan fingerprint density at radius 2 is 2.21 bits per heavy atom. The number of hydrogen-bond donors (Lipinski definition) is 1. The third-order valence-corrected chi connectivity index (χ3v) is 5.07. The lowest BCUT2D eigenvalue weighted by molar-refractivity contribution is 0.126. The van der Waals surface area contributed by atoms with Crippen LogP contribution in [0, 0.1) is 11.3 Å². The van der Waals surface area contributed by atoms with Crippen molar-refractivity contribution in [1.82, 2.24) is 15.1 Å². The molecule has 0 amide bonds. The highest BCUT2D eigenvalue weighted by Crippen LogP contribution is 2.34. The molecule has 0 bridgehead atoms. The van der Waals surface area contributed by atoms with Crippen molar-refractivity contribution < 1.29 is 0 Å². The van der Waals surface area contributed by atoms with Gasteiger partial charge in [0.05, 0.1) is 6.07 Å². The Morgan fingerprint density at radius 3 is 2.79 bits per heavy atom. The summed E-state index contributed by atoms with van der Waals surface area (Å²) < 4.78 is 0. The molecule has 4 heteroatoms. The first kappa shape index (κ1) is 14.8. The highest BCUT2D eigenvalue weighted by Gasteiger charge is 2.42. The number of nitriles is 1. The predicted molar refractivity (Wildman–Crippen MR) is 77.9 cm³/mol. The van der Waals surface area contributed by atoms with Gasteiger partial charge in [-0.1, -0.05) is 6.92 Å². The van der Waals surface area contributed by atoms with Gasteiger partial charge < -0.3 is 10.2 Å². The number of nitrogens with zero attached hydrogens (tertiary/aromatic N) is 3. The van der Waals surface area contributed by atoms with E-state index in [9.17, 15) is 5.26 Å². The Bertz CT molecular complexity index is 338. The van der Waals surface area contributed by atoms with Gasteiger partial charge in [-0.2, -0.15) is 5.26 Å². The monoisotopic (exact) mass is 264 g/mol. The Kier molecular flexibility index (Phi) is 4.83. The molecule has 3 unspecified atom stereocenters. The molecule has 19 heavy (non-hydrogen) atoms. The average molecular weight is 264 g/mol. The average Bonchev–Trinajstić information content (AvgIpc) is 2.77. The molecule has 3 atom stereocenters. The van der Waals surface area contributed by atoms with Crippen LogP contribution in [0.15, 0.2) is 0 Å². The van der Waals surface area contributed by atoms with Gasteiger partial charge in [0.2, 0.25) is 0 Å². The highest BCUT2D eigenvalue weighted by atomic mass is 15.3. The molecule has 0 aromatic rings. The van der Waals surface area contributed by atoms with Gasteiger partial charge in [0.1, 0.15) is 5.54 Å². The van der Waals surface area contributed by atoms with E-state index >= 15 is 0 Å². The molecule has 1 saturated heterocycles. The van der Waals surface area contributed by atoms with Crippen molar-refractivity contribution >= 4 is 0 Å². The highest BCUT2D eigenvalue weighted by molar-refractivity contribution is 5.13. The zero-order valence-corrected chi connectivity index (χ0v) is 12.7. The van der Waals surface area contributed by atoms with E-state index in [1.807, 2.05) is 7.05 Å².